The SMILES string of the molecule is CCN(CC1CCN(C(=O)c2ccc(NCc3cn(C4CCC4)nn3)nc2)C1)CC(F)(F)F. The van der Waals surface area contributed by atoms with Gasteiger partial charge < -0.3 is 10.2 Å². The number of carbonyl (C=O) groups excluding carboxylic acids is 1. The number of alkyl halides is 3. The molecule has 0 radical (unpaired) electrons. The zero-order valence-electron chi connectivity index (χ0n) is 18.8. The van der Waals surface area contributed by atoms with E-state index < -0.39 is 12.7 Å². The molecular formula is C22H30F3N7O. The fourth-order valence-corrected chi connectivity index (χ4v) is 4.30. The summed E-state index contributed by atoms with van der Waals surface area (Å²) in [5.74, 6) is 0.534. The van der Waals surface area contributed by atoms with E-state index in [2.05, 4.69) is 20.6 Å². The van der Waals surface area contributed by atoms with Gasteiger partial charge in [-0.3, -0.25) is 9.69 Å². The number of nitrogens with one attached hydrogen (secondary N) is 1. The molecule has 0 spiro atoms. The van der Waals surface area contributed by atoms with Crippen molar-refractivity contribution < 1.29 is 18.0 Å². The summed E-state index contributed by atoms with van der Waals surface area (Å²) in [6, 6.07) is 3.94. The Bertz CT molecular complexity index is 927. The summed E-state index contributed by atoms with van der Waals surface area (Å²) in [5.41, 5.74) is 1.30. The van der Waals surface area contributed by atoms with E-state index >= 15 is 0 Å². The molecule has 1 saturated carbocycles. The highest BCUT2D eigenvalue weighted by Gasteiger charge is 2.33. The first-order valence-electron chi connectivity index (χ1n) is 11.5. The number of hydrogen-bond donors (Lipinski definition) is 1. The maximum absolute atomic E-state index is 12.8. The van der Waals surface area contributed by atoms with Gasteiger partial charge in [0, 0.05) is 25.8 Å². The average Bonchev–Trinajstić information content (AvgIpc) is 3.39. The highest BCUT2D eigenvalue weighted by molar-refractivity contribution is 5.94. The lowest BCUT2D eigenvalue weighted by atomic mass is 9.93. The lowest BCUT2D eigenvalue weighted by Crippen LogP contribution is -2.38. The molecule has 0 aromatic carbocycles. The molecule has 0 bridgehead atoms. The van der Waals surface area contributed by atoms with E-state index in [0.29, 0.717) is 56.6 Å². The minimum absolute atomic E-state index is 0.0403. The molecule has 3 heterocycles. The van der Waals surface area contributed by atoms with Gasteiger partial charge in [0.2, 0.25) is 0 Å². The van der Waals surface area contributed by atoms with Crippen LogP contribution in [0.5, 0.6) is 0 Å². The topological polar surface area (TPSA) is 79.2 Å². The molecule has 180 valence electrons. The van der Waals surface area contributed by atoms with Crippen molar-refractivity contribution in [1.82, 2.24) is 29.8 Å². The Morgan fingerprint density at radius 2 is 2.09 bits per heavy atom. The van der Waals surface area contributed by atoms with Crippen molar-refractivity contribution in [3.8, 4) is 0 Å². The number of anilines is 1. The maximum Gasteiger partial charge on any atom is 0.401 e. The van der Waals surface area contributed by atoms with E-state index in [1.165, 1.54) is 17.5 Å². The molecule has 1 aliphatic carbocycles. The molecule has 1 N–H and O–H groups in total. The largest absolute Gasteiger partial charge is 0.401 e. The summed E-state index contributed by atoms with van der Waals surface area (Å²) in [6.45, 7) is 2.98. The molecule has 8 nitrogen and oxygen atoms in total. The summed E-state index contributed by atoms with van der Waals surface area (Å²) in [7, 11) is 0. The monoisotopic (exact) mass is 465 g/mol. The van der Waals surface area contributed by atoms with Crippen LogP contribution in [0.15, 0.2) is 24.5 Å². The molecule has 2 aromatic heterocycles. The van der Waals surface area contributed by atoms with E-state index in [-0.39, 0.29) is 11.8 Å². The normalized spacial score (nSPS) is 19.2. The van der Waals surface area contributed by atoms with Gasteiger partial charge in [-0.2, -0.15) is 13.2 Å². The smallest absolute Gasteiger partial charge is 0.364 e. The van der Waals surface area contributed by atoms with Crippen LogP contribution < -0.4 is 5.32 Å². The van der Waals surface area contributed by atoms with Crippen molar-refractivity contribution >= 4 is 11.7 Å². The number of pyridine rings is 1. The van der Waals surface area contributed by atoms with Gasteiger partial charge in [-0.15, -0.1) is 5.10 Å². The van der Waals surface area contributed by atoms with Gasteiger partial charge in [0.05, 0.1) is 30.9 Å². The molecule has 1 atom stereocenters. The zero-order valence-corrected chi connectivity index (χ0v) is 18.8. The first-order chi connectivity index (χ1) is 15.8. The molecule has 2 aliphatic rings. The fourth-order valence-electron chi connectivity index (χ4n) is 4.30. The van der Waals surface area contributed by atoms with Crippen LogP contribution in [0.4, 0.5) is 19.0 Å². The predicted molar refractivity (Wildman–Crippen MR) is 117 cm³/mol. The zero-order chi connectivity index (χ0) is 23.4. The number of nitrogens with zero attached hydrogens (tertiary/aromatic N) is 6. The Morgan fingerprint density at radius 1 is 1.27 bits per heavy atom. The quantitative estimate of drug-likeness (QED) is 0.612. The molecule has 2 fully saturated rings. The predicted octanol–water partition coefficient (Wildman–Crippen LogP) is 3.36. The Hall–Kier alpha value is -2.69. The average molecular weight is 466 g/mol. The number of aromatic nitrogens is 4. The Morgan fingerprint density at radius 3 is 2.73 bits per heavy atom. The van der Waals surface area contributed by atoms with Crippen LogP contribution >= 0.6 is 0 Å². The minimum Gasteiger partial charge on any atom is -0.364 e. The van der Waals surface area contributed by atoms with E-state index in [1.54, 1.807) is 24.0 Å². The molecule has 33 heavy (non-hydrogen) atoms. The first kappa shape index (κ1) is 23.5. The number of carbonyl (C=O) groups is 1. The van der Waals surface area contributed by atoms with Gasteiger partial charge in [-0.25, -0.2) is 9.67 Å². The lowest BCUT2D eigenvalue weighted by molar-refractivity contribution is -0.146. The van der Waals surface area contributed by atoms with Gasteiger partial charge >= 0.3 is 6.18 Å². The molecule has 11 heteroatoms. The highest BCUT2D eigenvalue weighted by atomic mass is 19.4. The molecule has 1 aliphatic heterocycles. The third-order valence-corrected chi connectivity index (χ3v) is 6.41. The maximum atomic E-state index is 12.8. The van der Waals surface area contributed by atoms with Gasteiger partial charge in [-0.1, -0.05) is 12.1 Å². The van der Waals surface area contributed by atoms with Crippen LogP contribution in [-0.2, 0) is 6.54 Å². The summed E-state index contributed by atoms with van der Waals surface area (Å²) in [6.07, 6.45) is 3.51. The van der Waals surface area contributed by atoms with Gasteiger partial charge in [-0.05, 0) is 50.3 Å². The number of amides is 1. The third-order valence-electron chi connectivity index (χ3n) is 6.41. The van der Waals surface area contributed by atoms with Crippen LogP contribution in [0.1, 0.15) is 54.7 Å². The van der Waals surface area contributed by atoms with Crippen molar-refractivity contribution in [2.24, 2.45) is 5.92 Å². The summed E-state index contributed by atoms with van der Waals surface area (Å²) < 4.78 is 40.0. The number of hydrogen-bond acceptors (Lipinski definition) is 6. The Labute approximate surface area is 191 Å². The van der Waals surface area contributed by atoms with Crippen molar-refractivity contribution in [2.75, 3.05) is 38.0 Å². The van der Waals surface area contributed by atoms with Crippen molar-refractivity contribution in [2.45, 2.75) is 51.4 Å². The second-order valence-corrected chi connectivity index (χ2v) is 8.91. The van der Waals surface area contributed by atoms with Crippen molar-refractivity contribution in [3.63, 3.8) is 0 Å². The molecule has 4 rings (SSSR count). The number of rotatable bonds is 9. The van der Waals surface area contributed by atoms with E-state index in [1.807, 2.05) is 10.9 Å². The van der Waals surface area contributed by atoms with Crippen LogP contribution in [0.25, 0.3) is 0 Å². The van der Waals surface area contributed by atoms with Crippen LogP contribution in [0.2, 0.25) is 0 Å². The first-order valence-corrected chi connectivity index (χ1v) is 11.5. The minimum atomic E-state index is -4.21. The number of halogens is 3. The van der Waals surface area contributed by atoms with Crippen molar-refractivity contribution in [3.05, 3.63) is 35.8 Å². The molecule has 1 amide bonds. The summed E-state index contributed by atoms with van der Waals surface area (Å²) >= 11 is 0. The highest BCUT2D eigenvalue weighted by Crippen LogP contribution is 2.30. The second-order valence-electron chi connectivity index (χ2n) is 8.91. The van der Waals surface area contributed by atoms with Gasteiger partial charge in [0.25, 0.3) is 5.91 Å². The summed E-state index contributed by atoms with van der Waals surface area (Å²) in [5, 5.41) is 11.5. The van der Waals surface area contributed by atoms with Crippen LogP contribution in [-0.4, -0.2) is 74.6 Å². The fraction of sp³-hybridized carbons (Fsp3) is 0.636. The molecule has 1 unspecified atom stereocenters. The summed E-state index contributed by atoms with van der Waals surface area (Å²) in [4.78, 5) is 20.2. The third kappa shape index (κ3) is 6.21. The van der Waals surface area contributed by atoms with E-state index in [0.717, 1.165) is 18.5 Å². The Balaban J connectivity index is 1.25. The second kappa shape index (κ2) is 10.1. The van der Waals surface area contributed by atoms with E-state index in [9.17, 15) is 18.0 Å². The lowest BCUT2D eigenvalue weighted by Gasteiger charge is -2.25. The molecule has 1 saturated heterocycles. The Kier molecular flexibility index (Phi) is 7.16. The van der Waals surface area contributed by atoms with E-state index in [4.69, 9.17) is 0 Å². The van der Waals surface area contributed by atoms with Crippen LogP contribution in [0, 0.1) is 5.92 Å². The molecule has 2 aromatic rings. The van der Waals surface area contributed by atoms with Gasteiger partial charge in [0.15, 0.2) is 0 Å². The molecular weight excluding hydrogens is 435 g/mol. The van der Waals surface area contributed by atoms with Gasteiger partial charge in [0.1, 0.15) is 11.5 Å². The van der Waals surface area contributed by atoms with Crippen LogP contribution in [0.3, 0.4) is 0 Å². The van der Waals surface area contributed by atoms with Crippen molar-refractivity contribution in [1.29, 1.82) is 0 Å². The standard InChI is InChI=1S/C22H30F3N7O/c1-2-30(15-22(23,24)25)12-16-8-9-31(13-16)21(33)17-6-7-20(26-10-17)27-11-18-14-32(29-28-18)19-4-3-5-19/h6-7,10,14,16,19H,2-5,8-9,11-13,15H2,1H3,(H,26,27). The number of likely N-dealkylation sites (tertiary alicyclic amines) is 1.